The summed E-state index contributed by atoms with van der Waals surface area (Å²) in [5.74, 6) is -0.779. The topological polar surface area (TPSA) is 573 Å². The summed E-state index contributed by atoms with van der Waals surface area (Å²) in [4.78, 5) is 94.9. The molecule has 0 spiro atoms. The number of phosphoric acid groups is 4. The lowest BCUT2D eigenvalue weighted by Gasteiger charge is -2.24. The van der Waals surface area contributed by atoms with Gasteiger partial charge in [-0.15, -0.1) is 0 Å². The first kappa shape index (κ1) is 53.7. The van der Waals surface area contributed by atoms with E-state index in [9.17, 15) is 73.0 Å². The van der Waals surface area contributed by atoms with Gasteiger partial charge in [-0.05, 0) is 0 Å². The van der Waals surface area contributed by atoms with Gasteiger partial charge in [-0.1, -0.05) is 4.98 Å². The molecule has 43 heteroatoms. The minimum absolute atomic E-state index is 0.0184. The maximum absolute atomic E-state index is 13.5. The van der Waals surface area contributed by atoms with Crippen molar-refractivity contribution in [3.05, 3.63) is 46.0 Å². The van der Waals surface area contributed by atoms with Gasteiger partial charge in [-0.25, -0.2) is 42.8 Å². The van der Waals surface area contributed by atoms with Crippen LogP contribution in [0, 0.1) is 0 Å². The number of aryl methyl sites for hydroxylation is 1. The number of aromatic amines is 2. The van der Waals surface area contributed by atoms with E-state index in [1.165, 1.54) is 17.9 Å². The zero-order valence-corrected chi connectivity index (χ0v) is 40.6. The molecule has 3 saturated heterocycles. The van der Waals surface area contributed by atoms with E-state index in [1.54, 1.807) is 0 Å². The molecule has 0 aliphatic carbocycles. The van der Waals surface area contributed by atoms with Crippen LogP contribution in [-0.2, 0) is 66.2 Å². The lowest BCUT2D eigenvalue weighted by molar-refractivity contribution is -0.745. The van der Waals surface area contributed by atoms with Crippen LogP contribution < -0.4 is 32.9 Å². The highest BCUT2D eigenvalue weighted by Gasteiger charge is 2.53. The number of nitrogens with two attached hydrogens (primary N) is 3. The van der Waals surface area contributed by atoms with Gasteiger partial charge in [0.05, 0.1) is 39.5 Å². The van der Waals surface area contributed by atoms with Crippen molar-refractivity contribution in [1.82, 2.24) is 53.6 Å². The summed E-state index contributed by atoms with van der Waals surface area (Å²) in [5.41, 5.74) is 15.1. The van der Waals surface area contributed by atoms with Gasteiger partial charge in [0.25, 0.3) is 17.1 Å². The van der Waals surface area contributed by atoms with Crippen LogP contribution in [0.2, 0.25) is 0 Å². The molecule has 17 N–H and O–H groups in total. The number of H-pyrrole nitrogens is 2. The van der Waals surface area contributed by atoms with Crippen molar-refractivity contribution in [2.24, 2.45) is 7.05 Å². The SMILES string of the molecule is Cn1c[n+]([C@@H]2O[C@H](COP(=O)(O)OP(=O)(O)OP(=O)(O)OC[C@H]3O[C@@H](n4cnc5c(N)ncnc54)[C@H](O)[C@@H]3OP(=O)(O)OC[C@H]3O[C@@H](n4cnc5c(=O)[nH]c(N)nc54)[C@H](O)[C@@H]3O)[C@@H](O)[C@H]2O)c2nc(N)[nH]c(=O)c21. The number of nitrogens with zero attached hydrogens (tertiary/aromatic N) is 10. The standard InChI is InChI=1S/C31H41N15O24P4/c1-43-8-46(24-14(43)26(53)42-31(34)40-24)28-18(50)16(48)10(66-28)3-63-72(56,57)69-74(60,61)70-73(58,59)64-4-11-20(19(51)29(67-11)44-6-37-12-21(32)35-5-36-22(12)44)68-71(54,55)62-2-9-15(47)17(49)27(65-9)45-7-38-13-23(45)39-30(33)41-25(13)52/h5-11,15-20,27-29,47-51H,2-4H2,1H3,(H11-,32,33,34,35,36,39,40,41,42,52,53,54,55,56,57,58,59,60,61)/p+1/t9-,10-,11-,15-,16-,17-,18-,19-,20-,27-,28-,29-/m1/s1. The van der Waals surface area contributed by atoms with Gasteiger partial charge >= 0.3 is 36.9 Å². The highest BCUT2D eigenvalue weighted by molar-refractivity contribution is 7.66. The van der Waals surface area contributed by atoms with Crippen molar-refractivity contribution in [3.63, 3.8) is 0 Å². The predicted molar refractivity (Wildman–Crippen MR) is 234 cm³/mol. The third-order valence-corrected chi connectivity index (χ3v) is 16.5. The normalized spacial score (nSPS) is 30.7. The fourth-order valence-electron chi connectivity index (χ4n) is 8.06. The van der Waals surface area contributed by atoms with Gasteiger partial charge in [0, 0.05) is 0 Å². The number of phosphoric ester groups is 3. The number of fused-ring (bicyclic) bond motifs is 3. The number of aliphatic hydroxyl groups excluding tert-OH is 5. The van der Waals surface area contributed by atoms with Crippen LogP contribution in [0.1, 0.15) is 18.7 Å². The van der Waals surface area contributed by atoms with Crippen molar-refractivity contribution < 1.29 is 109 Å². The molecule has 4 unspecified atom stereocenters. The van der Waals surface area contributed by atoms with Crippen LogP contribution in [0.25, 0.3) is 33.5 Å². The maximum Gasteiger partial charge on any atom is 0.490 e. The van der Waals surface area contributed by atoms with E-state index in [1.807, 2.05) is 0 Å². The second kappa shape index (κ2) is 19.8. The van der Waals surface area contributed by atoms with Crippen molar-refractivity contribution in [2.75, 3.05) is 37.0 Å². The summed E-state index contributed by atoms with van der Waals surface area (Å²) in [5, 5.41) is 54.5. The zero-order valence-electron chi connectivity index (χ0n) is 37.0. The largest absolute Gasteiger partial charge is 0.490 e. The molecular formula is C31H42N15O24P4+. The van der Waals surface area contributed by atoms with Crippen molar-refractivity contribution in [2.45, 2.75) is 73.6 Å². The number of hydrogen-bond donors (Lipinski definition) is 14. The first-order chi connectivity index (χ1) is 34.6. The summed E-state index contributed by atoms with van der Waals surface area (Å²) in [6.45, 7) is -3.54. The number of nitrogens with one attached hydrogen (secondary N) is 2. The molecule has 6 aromatic rings. The highest BCUT2D eigenvalue weighted by Crippen LogP contribution is 2.68. The van der Waals surface area contributed by atoms with Crippen molar-refractivity contribution in [1.29, 1.82) is 0 Å². The Hall–Kier alpha value is -5.15. The Bertz CT molecular complexity index is 3450. The Kier molecular flexibility index (Phi) is 14.3. The minimum Gasteiger partial charge on any atom is -0.387 e. The van der Waals surface area contributed by atoms with Gasteiger partial charge in [0.15, 0.2) is 41.4 Å². The average Bonchev–Trinajstić information content (AvgIpc) is 4.15. The molecule has 0 amide bonds. The lowest BCUT2D eigenvalue weighted by atomic mass is 10.1. The number of imidazole rings is 3. The average molecular weight is 1130 g/mol. The van der Waals surface area contributed by atoms with E-state index in [-0.39, 0.29) is 51.2 Å². The Morgan fingerprint density at radius 1 is 0.649 bits per heavy atom. The smallest absolute Gasteiger partial charge is 0.387 e. The van der Waals surface area contributed by atoms with Gasteiger partial charge in [0.2, 0.25) is 17.7 Å². The molecule has 16 atom stereocenters. The fraction of sp³-hybridized carbons (Fsp3) is 0.516. The van der Waals surface area contributed by atoms with Crippen LogP contribution in [-0.4, -0.2) is 173 Å². The van der Waals surface area contributed by atoms with Gasteiger partial charge in [-0.3, -0.25) is 51.4 Å². The van der Waals surface area contributed by atoms with Gasteiger partial charge in [0.1, 0.15) is 66.8 Å². The van der Waals surface area contributed by atoms with Crippen molar-refractivity contribution in [3.8, 4) is 0 Å². The molecule has 0 bridgehead atoms. The third kappa shape index (κ3) is 10.5. The Morgan fingerprint density at radius 2 is 1.19 bits per heavy atom. The summed E-state index contributed by atoms with van der Waals surface area (Å²) in [6.07, 6.45) is -17.3. The molecule has 9 heterocycles. The van der Waals surface area contributed by atoms with Gasteiger partial charge < -0.3 is 76.5 Å². The van der Waals surface area contributed by atoms with Crippen LogP contribution in [0.3, 0.4) is 0 Å². The zero-order chi connectivity index (χ0) is 53.6. The molecule has 6 aromatic heterocycles. The number of aliphatic hydroxyl groups is 5. The van der Waals surface area contributed by atoms with Crippen molar-refractivity contribution >= 4 is 82.5 Å². The number of nitrogen functional groups attached to an aromatic ring is 3. The van der Waals surface area contributed by atoms with E-state index in [0.717, 1.165) is 32.7 Å². The van der Waals surface area contributed by atoms with E-state index in [2.05, 4.69) is 53.0 Å². The van der Waals surface area contributed by atoms with Crippen LogP contribution in [0.5, 0.6) is 0 Å². The molecule has 9 rings (SSSR count). The number of anilines is 3. The summed E-state index contributed by atoms with van der Waals surface area (Å²) >= 11 is 0. The number of aromatic nitrogens is 12. The molecule has 3 aliphatic heterocycles. The number of ether oxygens (including phenoxy) is 3. The Morgan fingerprint density at radius 3 is 1.86 bits per heavy atom. The molecule has 0 radical (unpaired) electrons. The first-order valence-electron chi connectivity index (χ1n) is 20.8. The molecule has 39 nitrogen and oxygen atoms in total. The van der Waals surface area contributed by atoms with E-state index in [4.69, 9.17) is 45.0 Å². The molecule has 0 saturated carbocycles. The number of rotatable bonds is 18. The second-order valence-electron chi connectivity index (χ2n) is 16.3. The molecule has 3 fully saturated rings. The Balaban J connectivity index is 0.850. The third-order valence-electron chi connectivity index (χ3n) is 11.3. The van der Waals surface area contributed by atoms with E-state index < -0.39 is 136 Å². The van der Waals surface area contributed by atoms with Gasteiger partial charge in [-0.2, -0.15) is 13.6 Å². The maximum atomic E-state index is 13.5. The van der Waals surface area contributed by atoms with E-state index in [0.29, 0.717) is 0 Å². The first-order valence-corrected chi connectivity index (χ1v) is 26.7. The number of hydrogen-bond acceptors (Lipinski definition) is 29. The van der Waals surface area contributed by atoms with Crippen LogP contribution >= 0.6 is 31.3 Å². The summed E-state index contributed by atoms with van der Waals surface area (Å²) in [7, 11) is -22.2. The fourth-order valence-corrected chi connectivity index (χ4v) is 12.5. The molecule has 74 heavy (non-hydrogen) atoms. The minimum atomic E-state index is -6.22. The quantitative estimate of drug-likeness (QED) is 0.0282. The van der Waals surface area contributed by atoms with Crippen LogP contribution in [0.15, 0.2) is 34.9 Å². The lowest BCUT2D eigenvalue weighted by Crippen LogP contribution is -2.46. The van der Waals surface area contributed by atoms with E-state index >= 15 is 0 Å². The second-order valence-corrected chi connectivity index (χ2v) is 22.3. The molecular weight excluding hydrogens is 1090 g/mol. The molecule has 404 valence electrons. The molecule has 0 aromatic carbocycles. The predicted octanol–water partition coefficient (Wildman–Crippen LogP) is -5.36. The summed E-state index contributed by atoms with van der Waals surface area (Å²) in [6, 6.07) is 0. The summed E-state index contributed by atoms with van der Waals surface area (Å²) < 4.78 is 102. The Labute approximate surface area is 408 Å². The monoisotopic (exact) mass is 1130 g/mol. The molecule has 3 aliphatic rings. The highest BCUT2D eigenvalue weighted by atomic mass is 31.3. The van der Waals surface area contributed by atoms with Crippen LogP contribution in [0.4, 0.5) is 17.7 Å².